The van der Waals surface area contributed by atoms with Gasteiger partial charge in [-0.1, -0.05) is 43.4 Å². The number of benzene rings is 1. The minimum Gasteiger partial charge on any atom is -0.371 e. The molecule has 0 spiro atoms. The molecule has 0 aliphatic carbocycles. The third kappa shape index (κ3) is 6.30. The molecule has 3 rings (SSSR count). The molecule has 0 radical (unpaired) electrons. The molecule has 1 aromatic heterocycles. The van der Waals surface area contributed by atoms with Crippen LogP contribution in [0.5, 0.6) is 0 Å². The Bertz CT molecular complexity index is 1160. The van der Waals surface area contributed by atoms with Crippen LogP contribution in [0.15, 0.2) is 78.4 Å². The first-order chi connectivity index (χ1) is 16.8. The van der Waals surface area contributed by atoms with Gasteiger partial charge in [0.1, 0.15) is 18.0 Å². The van der Waals surface area contributed by atoms with Gasteiger partial charge in [0.05, 0.1) is 17.2 Å². The molecule has 0 amide bonds. The number of likely N-dealkylation sites (tertiary alicyclic amines) is 1. The van der Waals surface area contributed by atoms with Crippen molar-refractivity contribution in [1.82, 2.24) is 14.9 Å². The van der Waals surface area contributed by atoms with Gasteiger partial charge in [0, 0.05) is 36.1 Å². The average Bonchev–Trinajstić information content (AvgIpc) is 2.89. The smallest absolute Gasteiger partial charge is 0.129 e. The van der Waals surface area contributed by atoms with Crippen molar-refractivity contribution in [1.29, 1.82) is 5.26 Å². The van der Waals surface area contributed by atoms with Crippen LogP contribution in [-0.4, -0.2) is 28.0 Å². The molecule has 2 heterocycles. The highest BCUT2D eigenvalue weighted by molar-refractivity contribution is 5.71. The normalized spacial score (nSPS) is 16.7. The third-order valence-corrected chi connectivity index (χ3v) is 6.80. The lowest BCUT2D eigenvalue weighted by molar-refractivity contribution is 0.177. The summed E-state index contributed by atoms with van der Waals surface area (Å²) >= 11 is 0. The van der Waals surface area contributed by atoms with E-state index in [-0.39, 0.29) is 12.0 Å². The van der Waals surface area contributed by atoms with Crippen LogP contribution in [0.4, 0.5) is 8.78 Å². The minimum atomic E-state index is -0.817. The monoisotopic (exact) mass is 474 g/mol. The zero-order valence-corrected chi connectivity index (χ0v) is 20.7. The Hall–Kier alpha value is -3.59. The Kier molecular flexibility index (Phi) is 8.70. The summed E-state index contributed by atoms with van der Waals surface area (Å²) in [5.41, 5.74) is 4.02. The predicted molar refractivity (Wildman–Crippen MR) is 136 cm³/mol. The van der Waals surface area contributed by atoms with Gasteiger partial charge in [-0.05, 0) is 63.3 Å². The van der Waals surface area contributed by atoms with Crippen molar-refractivity contribution in [2.75, 3.05) is 13.1 Å². The van der Waals surface area contributed by atoms with Crippen molar-refractivity contribution in [2.24, 2.45) is 5.41 Å². The van der Waals surface area contributed by atoms with E-state index in [0.717, 1.165) is 29.0 Å². The zero-order valence-electron chi connectivity index (χ0n) is 20.7. The first-order valence-electron chi connectivity index (χ1n) is 11.9. The topological polar surface area (TPSA) is 52.8 Å². The average molecular weight is 475 g/mol. The second-order valence-corrected chi connectivity index (χ2v) is 9.06. The highest BCUT2D eigenvalue weighted by Gasteiger charge is 2.37. The van der Waals surface area contributed by atoms with Gasteiger partial charge in [0.25, 0.3) is 0 Å². The molecule has 0 unspecified atom stereocenters. The fourth-order valence-electron chi connectivity index (χ4n) is 4.26. The maximum atomic E-state index is 14.3. The largest absolute Gasteiger partial charge is 0.371 e. The van der Waals surface area contributed by atoms with Gasteiger partial charge in [-0.3, -0.25) is 0 Å². The summed E-state index contributed by atoms with van der Waals surface area (Å²) in [5.74, 6) is -1.20. The van der Waals surface area contributed by atoms with E-state index in [1.807, 2.05) is 25.1 Å². The molecule has 0 saturated carbocycles. The Morgan fingerprint density at radius 1 is 1.20 bits per heavy atom. The van der Waals surface area contributed by atoms with Crippen LogP contribution in [0.25, 0.3) is 5.57 Å². The molecule has 0 N–H and O–H groups in total. The van der Waals surface area contributed by atoms with Gasteiger partial charge in [0.2, 0.25) is 0 Å². The number of allylic oxidation sites excluding steroid dienone is 5. The molecule has 182 valence electrons. The Labute approximate surface area is 207 Å². The molecule has 1 aliphatic heterocycles. The molecule has 0 bridgehead atoms. The van der Waals surface area contributed by atoms with Gasteiger partial charge in [-0.15, -0.1) is 0 Å². The molecule has 6 heteroatoms. The maximum absolute atomic E-state index is 14.3. The predicted octanol–water partition coefficient (Wildman–Crippen LogP) is 6.80. The SMILES string of the molecule is C=C(C(/C=C\C=C(C)CC)=C(/C)c1ccncn1)N1CCC(C#N)(Cc2c(F)cccc2F)CC1. The highest BCUT2D eigenvalue weighted by atomic mass is 19.1. The fourth-order valence-corrected chi connectivity index (χ4v) is 4.26. The summed E-state index contributed by atoms with van der Waals surface area (Å²) in [4.78, 5) is 10.6. The number of nitrogens with zero attached hydrogens (tertiary/aromatic N) is 4. The molecule has 4 nitrogen and oxygen atoms in total. The van der Waals surface area contributed by atoms with E-state index in [9.17, 15) is 14.0 Å². The Balaban J connectivity index is 1.84. The second kappa shape index (κ2) is 11.7. The number of rotatable bonds is 8. The molecule has 1 aliphatic rings. The second-order valence-electron chi connectivity index (χ2n) is 9.06. The van der Waals surface area contributed by atoms with Crippen LogP contribution in [0.1, 0.15) is 51.3 Å². The molecule has 1 fully saturated rings. The van der Waals surface area contributed by atoms with E-state index in [1.54, 1.807) is 6.20 Å². The summed E-state index contributed by atoms with van der Waals surface area (Å²) in [7, 11) is 0. The van der Waals surface area contributed by atoms with Crippen molar-refractivity contribution in [3.05, 3.63) is 101 Å². The summed E-state index contributed by atoms with van der Waals surface area (Å²) in [6, 6.07) is 8.07. The molecule has 35 heavy (non-hydrogen) atoms. The van der Waals surface area contributed by atoms with Crippen LogP contribution >= 0.6 is 0 Å². The van der Waals surface area contributed by atoms with Crippen molar-refractivity contribution in [3.8, 4) is 6.07 Å². The van der Waals surface area contributed by atoms with Crippen molar-refractivity contribution < 1.29 is 8.78 Å². The molecule has 2 aromatic rings. The molecule has 1 saturated heterocycles. The van der Waals surface area contributed by atoms with Crippen LogP contribution in [0.2, 0.25) is 0 Å². The maximum Gasteiger partial charge on any atom is 0.129 e. The molecular formula is C29H32F2N4. The first kappa shape index (κ1) is 26.0. The lowest BCUT2D eigenvalue weighted by Gasteiger charge is -2.40. The first-order valence-corrected chi connectivity index (χ1v) is 11.9. The highest BCUT2D eigenvalue weighted by Crippen LogP contribution is 2.38. The Morgan fingerprint density at radius 2 is 1.89 bits per heavy atom. The van der Waals surface area contributed by atoms with Crippen LogP contribution in [0, 0.1) is 28.4 Å². The van der Waals surface area contributed by atoms with E-state index >= 15 is 0 Å². The zero-order chi connectivity index (χ0) is 25.4. The van der Waals surface area contributed by atoms with Gasteiger partial charge in [-0.2, -0.15) is 5.26 Å². The van der Waals surface area contributed by atoms with Gasteiger partial charge >= 0.3 is 0 Å². The van der Waals surface area contributed by atoms with Crippen molar-refractivity contribution in [3.63, 3.8) is 0 Å². The summed E-state index contributed by atoms with van der Waals surface area (Å²) < 4.78 is 28.5. The summed E-state index contributed by atoms with van der Waals surface area (Å²) in [6.45, 7) is 11.7. The minimum absolute atomic E-state index is 0.0115. The van der Waals surface area contributed by atoms with Crippen LogP contribution in [-0.2, 0) is 6.42 Å². The van der Waals surface area contributed by atoms with Crippen molar-refractivity contribution >= 4 is 5.57 Å². The Morgan fingerprint density at radius 3 is 2.46 bits per heavy atom. The molecular weight excluding hydrogens is 442 g/mol. The van der Waals surface area contributed by atoms with Crippen LogP contribution in [0.3, 0.4) is 0 Å². The quantitative estimate of drug-likeness (QED) is 0.395. The number of halogens is 2. The van der Waals surface area contributed by atoms with E-state index in [0.29, 0.717) is 25.9 Å². The van der Waals surface area contributed by atoms with Gasteiger partial charge < -0.3 is 4.90 Å². The van der Waals surface area contributed by atoms with Crippen LogP contribution < -0.4 is 0 Å². The lowest BCUT2D eigenvalue weighted by Crippen LogP contribution is -2.40. The van der Waals surface area contributed by atoms with Gasteiger partial charge in [0.15, 0.2) is 0 Å². The standard InChI is InChI=1S/C29H32F2N4/c1-5-21(2)8-6-9-24(22(3)28-12-15-33-20-34-28)23(4)35-16-13-29(19-32,14-17-35)18-25-26(30)10-7-11-27(25)31/h6-12,15,20H,4-5,13-14,16-18H2,1-3H3/b9-6-,21-8?,24-22-. The van der Waals surface area contributed by atoms with E-state index in [1.165, 1.54) is 30.1 Å². The van der Waals surface area contributed by atoms with E-state index in [4.69, 9.17) is 0 Å². The number of piperidine rings is 1. The number of nitriles is 1. The molecule has 1 aromatic carbocycles. The number of aromatic nitrogens is 2. The number of hydrogen-bond acceptors (Lipinski definition) is 4. The van der Waals surface area contributed by atoms with Gasteiger partial charge in [-0.25, -0.2) is 18.7 Å². The summed E-state index contributed by atoms with van der Waals surface area (Å²) in [6.07, 6.45) is 11.4. The third-order valence-electron chi connectivity index (χ3n) is 6.80. The fraction of sp³-hybridized carbons (Fsp3) is 0.345. The lowest BCUT2D eigenvalue weighted by atomic mass is 9.74. The number of hydrogen-bond donors (Lipinski definition) is 0. The van der Waals surface area contributed by atoms with Crippen molar-refractivity contribution in [2.45, 2.75) is 46.5 Å². The van der Waals surface area contributed by atoms with E-state index < -0.39 is 17.0 Å². The summed E-state index contributed by atoms with van der Waals surface area (Å²) in [5, 5.41) is 9.97. The van der Waals surface area contributed by atoms with E-state index in [2.05, 4.69) is 47.4 Å². The molecule has 0 atom stereocenters.